The largest absolute Gasteiger partial charge is 0.475 e. The minimum Gasteiger partial charge on any atom is -0.475 e. The Bertz CT molecular complexity index is 845. The summed E-state index contributed by atoms with van der Waals surface area (Å²) in [6.45, 7) is 6.30. The summed E-state index contributed by atoms with van der Waals surface area (Å²) in [7, 11) is 0. The van der Waals surface area contributed by atoms with Crippen molar-refractivity contribution in [3.05, 3.63) is 54.6 Å². The van der Waals surface area contributed by atoms with Gasteiger partial charge in [0.1, 0.15) is 0 Å². The van der Waals surface area contributed by atoms with Crippen LogP contribution in [0.3, 0.4) is 0 Å². The molecule has 0 N–H and O–H groups in total. The molecule has 0 saturated carbocycles. The van der Waals surface area contributed by atoms with Crippen molar-refractivity contribution in [2.75, 3.05) is 42.6 Å². The first kappa shape index (κ1) is 15.7. The number of benzene rings is 2. The van der Waals surface area contributed by atoms with Gasteiger partial charge in [0.2, 0.25) is 0 Å². The maximum absolute atomic E-state index is 5.78. The van der Waals surface area contributed by atoms with Gasteiger partial charge >= 0.3 is 0 Å². The van der Waals surface area contributed by atoms with Gasteiger partial charge in [-0.1, -0.05) is 30.3 Å². The quantitative estimate of drug-likeness (QED) is 0.732. The van der Waals surface area contributed by atoms with Crippen LogP contribution < -0.4 is 14.5 Å². The Hall–Kier alpha value is -2.82. The van der Waals surface area contributed by atoms with Crippen LogP contribution in [-0.4, -0.2) is 42.8 Å². The number of rotatable bonds is 4. The van der Waals surface area contributed by atoms with E-state index < -0.39 is 0 Å². The number of nitrogens with zero attached hydrogens (tertiary/aromatic N) is 4. The maximum atomic E-state index is 5.78. The van der Waals surface area contributed by atoms with Crippen LogP contribution in [0.2, 0.25) is 0 Å². The number of hydrogen-bond acceptors (Lipinski definition) is 5. The van der Waals surface area contributed by atoms with Gasteiger partial charge in [0, 0.05) is 31.9 Å². The number of para-hydroxylation sites is 3. The van der Waals surface area contributed by atoms with E-state index >= 15 is 0 Å². The summed E-state index contributed by atoms with van der Waals surface area (Å²) in [6, 6.07) is 18.5. The van der Waals surface area contributed by atoms with Crippen molar-refractivity contribution in [3.8, 4) is 5.88 Å². The maximum Gasteiger partial charge on any atom is 0.258 e. The summed E-state index contributed by atoms with van der Waals surface area (Å²) in [5.41, 5.74) is 3.06. The summed E-state index contributed by atoms with van der Waals surface area (Å²) >= 11 is 0. The number of hydrogen-bond donors (Lipinski definition) is 0. The predicted molar refractivity (Wildman–Crippen MR) is 102 cm³/mol. The summed E-state index contributed by atoms with van der Waals surface area (Å²) < 4.78 is 5.78. The smallest absolute Gasteiger partial charge is 0.258 e. The third-order valence-corrected chi connectivity index (χ3v) is 4.50. The molecule has 1 saturated heterocycles. The van der Waals surface area contributed by atoms with Gasteiger partial charge in [-0.05, 0) is 31.2 Å². The van der Waals surface area contributed by atoms with Crippen molar-refractivity contribution in [2.24, 2.45) is 0 Å². The standard InChI is InChI=1S/C20H22N4O/c1-2-25-20-19(21-17-10-6-7-11-18(17)22-20)24-14-12-23(13-15-24)16-8-4-3-5-9-16/h3-11H,2,12-15H2,1H3. The van der Waals surface area contributed by atoms with E-state index in [4.69, 9.17) is 9.72 Å². The van der Waals surface area contributed by atoms with E-state index in [1.165, 1.54) is 5.69 Å². The Labute approximate surface area is 147 Å². The van der Waals surface area contributed by atoms with Gasteiger partial charge in [-0.2, -0.15) is 0 Å². The molecule has 1 aromatic heterocycles. The van der Waals surface area contributed by atoms with Gasteiger partial charge in [0.25, 0.3) is 5.88 Å². The van der Waals surface area contributed by atoms with Gasteiger partial charge in [-0.15, -0.1) is 0 Å². The fraction of sp³-hybridized carbons (Fsp3) is 0.300. The van der Waals surface area contributed by atoms with Gasteiger partial charge in [0.05, 0.1) is 17.6 Å². The number of anilines is 2. The topological polar surface area (TPSA) is 41.5 Å². The zero-order valence-electron chi connectivity index (χ0n) is 14.4. The zero-order valence-corrected chi connectivity index (χ0v) is 14.4. The SMILES string of the molecule is CCOc1nc2ccccc2nc1N1CCN(c2ccccc2)CC1. The van der Waals surface area contributed by atoms with Crippen molar-refractivity contribution in [2.45, 2.75) is 6.92 Å². The molecule has 0 radical (unpaired) electrons. The van der Waals surface area contributed by atoms with Gasteiger partial charge in [-0.25, -0.2) is 9.97 Å². The first-order chi connectivity index (χ1) is 12.3. The highest BCUT2D eigenvalue weighted by Gasteiger charge is 2.22. The van der Waals surface area contributed by atoms with E-state index in [1.807, 2.05) is 31.2 Å². The number of aromatic nitrogens is 2. The first-order valence-electron chi connectivity index (χ1n) is 8.79. The second kappa shape index (κ2) is 6.97. The third-order valence-electron chi connectivity index (χ3n) is 4.50. The molecular formula is C20H22N4O. The Morgan fingerprint density at radius 3 is 2.08 bits per heavy atom. The molecule has 25 heavy (non-hydrogen) atoms. The van der Waals surface area contributed by atoms with Gasteiger partial charge in [-0.3, -0.25) is 0 Å². The molecule has 2 heterocycles. The molecule has 0 bridgehead atoms. The second-order valence-corrected chi connectivity index (χ2v) is 6.08. The first-order valence-corrected chi connectivity index (χ1v) is 8.79. The molecule has 1 aliphatic rings. The van der Waals surface area contributed by atoms with Crippen LogP contribution in [0.25, 0.3) is 11.0 Å². The van der Waals surface area contributed by atoms with Crippen molar-refractivity contribution < 1.29 is 4.74 Å². The molecule has 0 atom stereocenters. The van der Waals surface area contributed by atoms with Crippen LogP contribution in [-0.2, 0) is 0 Å². The summed E-state index contributed by atoms with van der Waals surface area (Å²) in [4.78, 5) is 14.2. The minimum absolute atomic E-state index is 0.587. The fourth-order valence-electron chi connectivity index (χ4n) is 3.23. The van der Waals surface area contributed by atoms with Crippen LogP contribution in [0.1, 0.15) is 6.92 Å². The van der Waals surface area contributed by atoms with Crippen LogP contribution in [0.4, 0.5) is 11.5 Å². The van der Waals surface area contributed by atoms with E-state index in [1.54, 1.807) is 0 Å². The monoisotopic (exact) mass is 334 g/mol. The molecule has 1 fully saturated rings. The lowest BCUT2D eigenvalue weighted by Gasteiger charge is -2.37. The summed E-state index contributed by atoms with van der Waals surface area (Å²) in [5, 5.41) is 0. The lowest BCUT2D eigenvalue weighted by molar-refractivity contribution is 0.326. The average Bonchev–Trinajstić information content (AvgIpc) is 2.69. The van der Waals surface area contributed by atoms with Crippen LogP contribution in [0.15, 0.2) is 54.6 Å². The highest BCUT2D eigenvalue weighted by Crippen LogP contribution is 2.28. The zero-order chi connectivity index (χ0) is 17.1. The van der Waals surface area contributed by atoms with E-state index in [-0.39, 0.29) is 0 Å². The summed E-state index contributed by atoms with van der Waals surface area (Å²) in [5.74, 6) is 1.49. The van der Waals surface area contributed by atoms with E-state index in [0.29, 0.717) is 12.5 Å². The molecule has 0 amide bonds. The second-order valence-electron chi connectivity index (χ2n) is 6.08. The van der Waals surface area contributed by atoms with E-state index in [2.05, 4.69) is 45.1 Å². The predicted octanol–water partition coefficient (Wildman–Crippen LogP) is 3.36. The highest BCUT2D eigenvalue weighted by molar-refractivity contribution is 5.77. The molecule has 5 heteroatoms. The molecule has 0 aliphatic carbocycles. The van der Waals surface area contributed by atoms with E-state index in [9.17, 15) is 0 Å². The Morgan fingerprint density at radius 1 is 0.800 bits per heavy atom. The molecule has 2 aromatic carbocycles. The van der Waals surface area contributed by atoms with Gasteiger partial charge < -0.3 is 14.5 Å². The Morgan fingerprint density at radius 2 is 1.40 bits per heavy atom. The summed E-state index contributed by atoms with van der Waals surface area (Å²) in [6.07, 6.45) is 0. The normalized spacial score (nSPS) is 14.8. The molecule has 3 aromatic rings. The molecule has 1 aliphatic heterocycles. The van der Waals surface area contributed by atoms with Crippen molar-refractivity contribution >= 4 is 22.5 Å². The number of ether oxygens (including phenoxy) is 1. The molecule has 4 rings (SSSR count). The lowest BCUT2D eigenvalue weighted by Crippen LogP contribution is -2.47. The molecule has 5 nitrogen and oxygen atoms in total. The average molecular weight is 334 g/mol. The van der Waals surface area contributed by atoms with E-state index in [0.717, 1.165) is 43.0 Å². The van der Waals surface area contributed by atoms with Crippen LogP contribution in [0, 0.1) is 0 Å². The third kappa shape index (κ3) is 3.22. The highest BCUT2D eigenvalue weighted by atomic mass is 16.5. The van der Waals surface area contributed by atoms with Crippen LogP contribution >= 0.6 is 0 Å². The molecule has 0 spiro atoms. The molecule has 0 unspecified atom stereocenters. The Balaban J connectivity index is 1.58. The molecule has 128 valence electrons. The van der Waals surface area contributed by atoms with Crippen molar-refractivity contribution in [1.82, 2.24) is 9.97 Å². The molecular weight excluding hydrogens is 312 g/mol. The van der Waals surface area contributed by atoms with Gasteiger partial charge in [0.15, 0.2) is 5.82 Å². The Kier molecular flexibility index (Phi) is 4.37. The lowest BCUT2D eigenvalue weighted by atomic mass is 10.2. The number of piperazine rings is 1. The van der Waals surface area contributed by atoms with Crippen LogP contribution in [0.5, 0.6) is 5.88 Å². The minimum atomic E-state index is 0.587. The van der Waals surface area contributed by atoms with Crippen molar-refractivity contribution in [1.29, 1.82) is 0 Å². The van der Waals surface area contributed by atoms with Crippen molar-refractivity contribution in [3.63, 3.8) is 0 Å². The fourth-order valence-corrected chi connectivity index (χ4v) is 3.23. The number of fused-ring (bicyclic) bond motifs is 1.